The average molecular weight is 584 g/mol. The zero-order valence-corrected chi connectivity index (χ0v) is 21.6. The molecule has 0 aliphatic heterocycles. The molecule has 3 rings (SSSR count). The molecule has 5 nitrogen and oxygen atoms in total. The minimum absolute atomic E-state index is 0. The summed E-state index contributed by atoms with van der Waals surface area (Å²) in [4.78, 5) is 28.5. The van der Waals surface area contributed by atoms with Crippen LogP contribution in [-0.2, 0) is 16.0 Å². The van der Waals surface area contributed by atoms with Crippen molar-refractivity contribution in [1.82, 2.24) is 4.98 Å². The number of hydrogen-bond acceptors (Lipinski definition) is 5. The van der Waals surface area contributed by atoms with E-state index in [0.29, 0.717) is 48.4 Å². The number of aromatic nitrogens is 1. The average Bonchev–Trinajstić information content (AvgIpc) is 3.31. The summed E-state index contributed by atoms with van der Waals surface area (Å²) in [6, 6.07) is 7.98. The molecule has 37 heavy (non-hydrogen) atoms. The van der Waals surface area contributed by atoms with Gasteiger partial charge >= 0.3 is 65.1 Å². The first kappa shape index (κ1) is 34.4. The van der Waals surface area contributed by atoms with Gasteiger partial charge in [-0.05, 0) is 56.0 Å². The van der Waals surface area contributed by atoms with Gasteiger partial charge in [0.1, 0.15) is 5.82 Å². The molecule has 0 atom stereocenters. The molecule has 1 aromatic heterocycles. The Kier molecular flexibility index (Phi) is 15.4. The number of ketones is 1. The maximum absolute atomic E-state index is 15.1. The first-order valence-electron chi connectivity index (χ1n) is 11.0. The third kappa shape index (κ3) is 9.24. The van der Waals surface area contributed by atoms with Gasteiger partial charge in [0.05, 0.1) is 15.7 Å². The van der Waals surface area contributed by atoms with Crippen LogP contribution in [0.4, 0.5) is 4.39 Å². The zero-order chi connectivity index (χ0) is 25.5. The maximum atomic E-state index is 15.1. The quantitative estimate of drug-likeness (QED) is 0.129. The summed E-state index contributed by atoms with van der Waals surface area (Å²) < 4.78 is 20.6. The van der Waals surface area contributed by atoms with Crippen LogP contribution in [0.25, 0.3) is 17.3 Å². The molecule has 0 unspecified atom stereocenters. The van der Waals surface area contributed by atoms with Gasteiger partial charge in [0, 0.05) is 40.9 Å². The Morgan fingerprint density at radius 2 is 1.84 bits per heavy atom. The number of carbonyl (C=O) groups excluding carboxylic acids is 1. The standard InChI is InChI=1S/C26H24Cl2FNO4S.2Na.2H/c1-3-9-34-10-5-7-16-6-4-8-18(23(16)29)22-14-35-25(30-22)24(31)17-12-20(27)19(21(28)13-17)11-15(2)26(32)33;;;;/h4,6,8,11-14H,3,5,7,9-10H2,1-2H3,(H,32,33);;;;/b15-11+;;;;. The Balaban J connectivity index is 0.00000342. The number of hydrogen-bond donors (Lipinski definition) is 1. The van der Waals surface area contributed by atoms with Crippen LogP contribution in [0.1, 0.15) is 53.2 Å². The second-order valence-electron chi connectivity index (χ2n) is 7.85. The summed E-state index contributed by atoms with van der Waals surface area (Å²) >= 11 is 13.6. The SMILES string of the molecule is CCCOCCCc1cccc(-c2csc(C(=O)c3cc(Cl)c(/C=C(\C)C(=O)O)c(Cl)c3)n2)c1F.[NaH].[NaH]. The first-order chi connectivity index (χ1) is 16.7. The van der Waals surface area contributed by atoms with Crippen molar-refractivity contribution in [2.24, 2.45) is 0 Å². The van der Waals surface area contributed by atoms with Crippen LogP contribution < -0.4 is 0 Å². The number of benzene rings is 2. The molecular formula is C26H26Cl2FNNa2O4S. The molecule has 0 spiro atoms. The monoisotopic (exact) mass is 583 g/mol. The molecule has 0 fully saturated rings. The van der Waals surface area contributed by atoms with Crippen molar-refractivity contribution in [3.05, 3.63) is 78.8 Å². The van der Waals surface area contributed by atoms with Gasteiger partial charge in [-0.1, -0.05) is 42.3 Å². The number of nitrogens with zero attached hydrogens (tertiary/aromatic N) is 1. The number of rotatable bonds is 11. The van der Waals surface area contributed by atoms with Gasteiger partial charge in [0.25, 0.3) is 0 Å². The van der Waals surface area contributed by atoms with Gasteiger partial charge in [-0.15, -0.1) is 11.3 Å². The molecule has 0 bridgehead atoms. The molecule has 0 amide bonds. The van der Waals surface area contributed by atoms with Gasteiger partial charge in [0.15, 0.2) is 5.01 Å². The molecule has 1 N–H and O–H groups in total. The van der Waals surface area contributed by atoms with Crippen LogP contribution in [0.5, 0.6) is 0 Å². The Bertz CT molecular complexity index is 1260. The Morgan fingerprint density at radius 3 is 2.46 bits per heavy atom. The Labute approximate surface area is 274 Å². The fourth-order valence-electron chi connectivity index (χ4n) is 3.34. The third-order valence-corrected chi connectivity index (χ3v) is 6.64. The van der Waals surface area contributed by atoms with E-state index in [1.165, 1.54) is 25.1 Å². The number of carboxylic acid groups (broad SMARTS) is 1. The van der Waals surface area contributed by atoms with E-state index in [0.717, 1.165) is 17.8 Å². The van der Waals surface area contributed by atoms with Gasteiger partial charge in [-0.25, -0.2) is 14.2 Å². The number of halogens is 3. The van der Waals surface area contributed by atoms with Crippen LogP contribution in [-0.4, -0.2) is 94.2 Å². The predicted octanol–water partition coefficient (Wildman–Crippen LogP) is 6.04. The normalized spacial score (nSPS) is 11.0. The molecule has 1 heterocycles. The van der Waals surface area contributed by atoms with Crippen LogP contribution >= 0.6 is 34.5 Å². The van der Waals surface area contributed by atoms with Gasteiger partial charge in [-0.2, -0.15) is 0 Å². The molecule has 0 saturated carbocycles. The molecule has 2 aromatic carbocycles. The van der Waals surface area contributed by atoms with Gasteiger partial charge < -0.3 is 9.84 Å². The molecule has 188 valence electrons. The van der Waals surface area contributed by atoms with E-state index in [2.05, 4.69) is 4.98 Å². The van der Waals surface area contributed by atoms with Crippen molar-refractivity contribution in [2.45, 2.75) is 33.1 Å². The second kappa shape index (κ2) is 16.5. The fraction of sp³-hybridized carbons (Fsp3) is 0.269. The van der Waals surface area contributed by atoms with E-state index in [-0.39, 0.29) is 91.1 Å². The predicted molar refractivity (Wildman–Crippen MR) is 152 cm³/mol. The van der Waals surface area contributed by atoms with Gasteiger partial charge in [0.2, 0.25) is 5.78 Å². The zero-order valence-electron chi connectivity index (χ0n) is 19.2. The van der Waals surface area contributed by atoms with E-state index in [9.17, 15) is 9.59 Å². The minimum atomic E-state index is -1.10. The number of thiazole rings is 1. The van der Waals surface area contributed by atoms with Gasteiger partial charge in [-0.3, -0.25) is 4.79 Å². The number of aliphatic carboxylic acids is 1. The summed E-state index contributed by atoms with van der Waals surface area (Å²) in [6.45, 7) is 4.72. The molecular weight excluding hydrogens is 558 g/mol. The van der Waals surface area contributed by atoms with Crippen LogP contribution in [0.2, 0.25) is 10.0 Å². The summed E-state index contributed by atoms with van der Waals surface area (Å²) in [7, 11) is 0. The van der Waals surface area contributed by atoms with E-state index in [4.69, 9.17) is 33.0 Å². The van der Waals surface area contributed by atoms with Crippen LogP contribution in [0, 0.1) is 5.82 Å². The molecule has 0 radical (unpaired) electrons. The first-order valence-corrected chi connectivity index (χ1v) is 12.6. The number of ether oxygens (including phenoxy) is 1. The topological polar surface area (TPSA) is 76.5 Å². The fourth-order valence-corrected chi connectivity index (χ4v) is 4.71. The van der Waals surface area contributed by atoms with Crippen molar-refractivity contribution in [3.63, 3.8) is 0 Å². The third-order valence-electron chi connectivity index (χ3n) is 5.18. The van der Waals surface area contributed by atoms with Crippen molar-refractivity contribution < 1.29 is 23.8 Å². The summed E-state index contributed by atoms with van der Waals surface area (Å²) in [5.41, 5.74) is 1.83. The Hall–Kier alpha value is -0.580. The van der Waals surface area contributed by atoms with Crippen molar-refractivity contribution in [2.75, 3.05) is 13.2 Å². The van der Waals surface area contributed by atoms with E-state index < -0.39 is 11.8 Å². The number of carboxylic acids is 1. The summed E-state index contributed by atoms with van der Waals surface area (Å²) in [6.07, 6.45) is 3.53. The van der Waals surface area contributed by atoms with Crippen molar-refractivity contribution in [1.29, 1.82) is 0 Å². The van der Waals surface area contributed by atoms with Crippen molar-refractivity contribution >= 4 is 111 Å². The molecule has 0 aliphatic rings. The summed E-state index contributed by atoms with van der Waals surface area (Å²) in [5.74, 6) is -1.88. The number of carbonyl (C=O) groups is 2. The van der Waals surface area contributed by atoms with E-state index in [1.54, 1.807) is 23.6 Å². The van der Waals surface area contributed by atoms with Crippen LogP contribution in [0.3, 0.4) is 0 Å². The molecule has 3 aromatic rings. The van der Waals surface area contributed by atoms with E-state index in [1.807, 2.05) is 6.92 Å². The molecule has 11 heteroatoms. The van der Waals surface area contributed by atoms with E-state index >= 15 is 4.39 Å². The Morgan fingerprint density at radius 1 is 1.16 bits per heavy atom. The second-order valence-corrected chi connectivity index (χ2v) is 9.52. The van der Waals surface area contributed by atoms with Crippen molar-refractivity contribution in [3.8, 4) is 11.3 Å². The summed E-state index contributed by atoms with van der Waals surface area (Å²) in [5, 5.41) is 11.2. The van der Waals surface area contributed by atoms with Crippen LogP contribution in [0.15, 0.2) is 41.3 Å². The number of aryl methyl sites for hydroxylation is 1. The molecule has 0 aliphatic carbocycles. The molecule has 0 saturated heterocycles.